The van der Waals surface area contributed by atoms with Crippen molar-refractivity contribution in [2.75, 3.05) is 14.2 Å². The summed E-state index contributed by atoms with van der Waals surface area (Å²) < 4.78 is 10.8. The summed E-state index contributed by atoms with van der Waals surface area (Å²) in [5, 5.41) is 3.30. The van der Waals surface area contributed by atoms with Crippen LogP contribution in [0.1, 0.15) is 55.8 Å². The van der Waals surface area contributed by atoms with E-state index in [1.54, 1.807) is 14.2 Å². The number of benzene rings is 1. The van der Waals surface area contributed by atoms with Gasteiger partial charge in [0.1, 0.15) is 0 Å². The molecule has 1 aromatic carbocycles. The molecule has 0 spiro atoms. The molecule has 0 saturated heterocycles. The fourth-order valence-corrected chi connectivity index (χ4v) is 6.20. The zero-order valence-electron chi connectivity index (χ0n) is 15.5. The van der Waals surface area contributed by atoms with Crippen LogP contribution >= 0.6 is 0 Å². The first-order valence-corrected chi connectivity index (χ1v) is 9.56. The molecule has 4 nitrogen and oxygen atoms in total. The summed E-state index contributed by atoms with van der Waals surface area (Å²) >= 11 is 0. The van der Waals surface area contributed by atoms with E-state index < -0.39 is 0 Å². The Hall–Kier alpha value is -1.71. The quantitative estimate of drug-likeness (QED) is 0.878. The SMILES string of the molecule is COc1cccc(C(=O)NC(C)C23CC4CC(CC(C4)C2)C3)c1OC. The van der Waals surface area contributed by atoms with Crippen LogP contribution in [0.15, 0.2) is 18.2 Å². The van der Waals surface area contributed by atoms with Gasteiger partial charge in [-0.2, -0.15) is 0 Å². The van der Waals surface area contributed by atoms with Gasteiger partial charge in [0.2, 0.25) is 0 Å². The second-order valence-electron chi connectivity index (χ2n) is 8.52. The summed E-state index contributed by atoms with van der Waals surface area (Å²) in [5.41, 5.74) is 0.856. The molecule has 0 radical (unpaired) electrons. The monoisotopic (exact) mass is 343 g/mol. The summed E-state index contributed by atoms with van der Waals surface area (Å²) in [5.74, 6) is 3.71. The van der Waals surface area contributed by atoms with Gasteiger partial charge in [-0.05, 0) is 80.8 Å². The van der Waals surface area contributed by atoms with Crippen molar-refractivity contribution in [3.63, 3.8) is 0 Å². The van der Waals surface area contributed by atoms with E-state index in [1.165, 1.54) is 38.5 Å². The van der Waals surface area contributed by atoms with Gasteiger partial charge in [-0.1, -0.05) is 6.07 Å². The van der Waals surface area contributed by atoms with E-state index in [0.717, 1.165) is 17.8 Å². The molecule has 5 rings (SSSR count). The first kappa shape index (κ1) is 16.7. The fraction of sp³-hybridized carbons (Fsp3) is 0.667. The second kappa shape index (κ2) is 6.22. The molecule has 0 aliphatic heterocycles. The fourth-order valence-electron chi connectivity index (χ4n) is 6.20. The molecule has 25 heavy (non-hydrogen) atoms. The maximum absolute atomic E-state index is 12.9. The topological polar surface area (TPSA) is 47.6 Å². The van der Waals surface area contributed by atoms with Gasteiger partial charge in [-0.25, -0.2) is 0 Å². The molecular weight excluding hydrogens is 314 g/mol. The van der Waals surface area contributed by atoms with Crippen LogP contribution in [0.3, 0.4) is 0 Å². The predicted octanol–water partition coefficient (Wildman–Crippen LogP) is 4.04. The minimum Gasteiger partial charge on any atom is -0.493 e. The van der Waals surface area contributed by atoms with Gasteiger partial charge in [-0.3, -0.25) is 4.79 Å². The Morgan fingerprint density at radius 3 is 2.20 bits per heavy atom. The number of hydrogen-bond acceptors (Lipinski definition) is 3. The molecule has 0 aromatic heterocycles. The zero-order chi connectivity index (χ0) is 17.6. The molecule has 4 aliphatic rings. The van der Waals surface area contributed by atoms with E-state index in [2.05, 4.69) is 12.2 Å². The number of rotatable bonds is 5. The van der Waals surface area contributed by atoms with Gasteiger partial charge in [0, 0.05) is 6.04 Å². The Balaban J connectivity index is 1.53. The highest BCUT2D eigenvalue weighted by atomic mass is 16.5. The number of carbonyl (C=O) groups excluding carboxylic acids is 1. The zero-order valence-corrected chi connectivity index (χ0v) is 15.5. The van der Waals surface area contributed by atoms with Crippen molar-refractivity contribution < 1.29 is 14.3 Å². The smallest absolute Gasteiger partial charge is 0.255 e. The third kappa shape index (κ3) is 2.80. The van der Waals surface area contributed by atoms with E-state index in [4.69, 9.17) is 9.47 Å². The van der Waals surface area contributed by atoms with Crippen molar-refractivity contribution in [2.45, 2.75) is 51.5 Å². The number of nitrogens with one attached hydrogen (secondary N) is 1. The molecule has 4 aliphatic carbocycles. The highest BCUT2D eigenvalue weighted by Crippen LogP contribution is 2.61. The number of para-hydroxylation sites is 1. The van der Waals surface area contributed by atoms with Gasteiger partial charge in [0.25, 0.3) is 5.91 Å². The standard InChI is InChI=1S/C21H29NO3/c1-13(21-10-14-7-15(11-21)9-16(8-14)12-21)22-20(23)17-5-4-6-18(24-2)19(17)25-3/h4-6,13-16H,7-12H2,1-3H3,(H,22,23). The molecule has 4 bridgehead atoms. The van der Waals surface area contributed by atoms with Gasteiger partial charge >= 0.3 is 0 Å². The Morgan fingerprint density at radius 2 is 1.68 bits per heavy atom. The molecule has 4 saturated carbocycles. The van der Waals surface area contributed by atoms with Crippen molar-refractivity contribution in [3.05, 3.63) is 23.8 Å². The van der Waals surface area contributed by atoms with Crippen molar-refractivity contribution in [3.8, 4) is 11.5 Å². The van der Waals surface area contributed by atoms with Gasteiger partial charge < -0.3 is 14.8 Å². The average Bonchev–Trinajstić information content (AvgIpc) is 2.59. The predicted molar refractivity (Wildman–Crippen MR) is 97.1 cm³/mol. The van der Waals surface area contributed by atoms with Crippen LogP contribution in [-0.2, 0) is 0 Å². The highest BCUT2D eigenvalue weighted by Gasteiger charge is 2.53. The highest BCUT2D eigenvalue weighted by molar-refractivity contribution is 5.98. The van der Waals surface area contributed by atoms with E-state index in [9.17, 15) is 4.79 Å². The molecular formula is C21H29NO3. The second-order valence-corrected chi connectivity index (χ2v) is 8.52. The van der Waals surface area contributed by atoms with Crippen molar-refractivity contribution >= 4 is 5.91 Å². The molecule has 4 fully saturated rings. The molecule has 1 unspecified atom stereocenters. The van der Waals surface area contributed by atoms with Crippen molar-refractivity contribution in [1.29, 1.82) is 0 Å². The lowest BCUT2D eigenvalue weighted by Gasteiger charge is -2.59. The Labute approximate surface area is 150 Å². The molecule has 0 heterocycles. The van der Waals surface area contributed by atoms with Crippen LogP contribution in [0.4, 0.5) is 0 Å². The molecule has 1 atom stereocenters. The third-order valence-electron chi connectivity index (χ3n) is 7.00. The first-order valence-electron chi connectivity index (χ1n) is 9.56. The summed E-state index contributed by atoms with van der Waals surface area (Å²) in [6.45, 7) is 2.21. The normalized spacial score (nSPS) is 33.8. The number of ether oxygens (including phenoxy) is 2. The summed E-state index contributed by atoms with van der Waals surface area (Å²) in [6, 6.07) is 5.66. The van der Waals surface area contributed by atoms with Gasteiger partial charge in [-0.15, -0.1) is 0 Å². The lowest BCUT2D eigenvalue weighted by atomic mass is 9.48. The molecule has 1 amide bonds. The Morgan fingerprint density at radius 1 is 1.08 bits per heavy atom. The number of methoxy groups -OCH3 is 2. The third-order valence-corrected chi connectivity index (χ3v) is 7.00. The van der Waals surface area contributed by atoms with Crippen LogP contribution in [0, 0.1) is 23.2 Å². The van der Waals surface area contributed by atoms with Crippen molar-refractivity contribution in [1.82, 2.24) is 5.32 Å². The van der Waals surface area contributed by atoms with E-state index in [0.29, 0.717) is 22.5 Å². The van der Waals surface area contributed by atoms with Crippen LogP contribution in [-0.4, -0.2) is 26.2 Å². The molecule has 1 N–H and O–H groups in total. The van der Waals surface area contributed by atoms with Gasteiger partial charge in [0.05, 0.1) is 19.8 Å². The Kier molecular flexibility index (Phi) is 4.17. The van der Waals surface area contributed by atoms with Gasteiger partial charge in [0.15, 0.2) is 11.5 Å². The number of amides is 1. The molecule has 4 heteroatoms. The number of carbonyl (C=O) groups is 1. The summed E-state index contributed by atoms with van der Waals surface area (Å²) in [4.78, 5) is 12.9. The van der Waals surface area contributed by atoms with E-state index >= 15 is 0 Å². The first-order chi connectivity index (χ1) is 12.0. The lowest BCUT2D eigenvalue weighted by molar-refractivity contribution is -0.0688. The largest absolute Gasteiger partial charge is 0.493 e. The maximum Gasteiger partial charge on any atom is 0.255 e. The summed E-state index contributed by atoms with van der Waals surface area (Å²) in [6.07, 6.45) is 8.12. The van der Waals surface area contributed by atoms with Crippen LogP contribution in [0.25, 0.3) is 0 Å². The lowest BCUT2D eigenvalue weighted by Crippen LogP contribution is -2.55. The van der Waals surface area contributed by atoms with Crippen LogP contribution < -0.4 is 14.8 Å². The van der Waals surface area contributed by atoms with Crippen LogP contribution in [0.5, 0.6) is 11.5 Å². The minimum absolute atomic E-state index is 0.0565. The van der Waals surface area contributed by atoms with Crippen LogP contribution in [0.2, 0.25) is 0 Å². The molecule has 136 valence electrons. The molecule has 1 aromatic rings. The van der Waals surface area contributed by atoms with Crippen molar-refractivity contribution in [2.24, 2.45) is 23.2 Å². The van der Waals surface area contributed by atoms with E-state index in [-0.39, 0.29) is 11.9 Å². The summed E-state index contributed by atoms with van der Waals surface area (Å²) in [7, 11) is 3.18. The minimum atomic E-state index is -0.0565. The number of hydrogen-bond donors (Lipinski definition) is 1. The maximum atomic E-state index is 12.9. The Bertz CT molecular complexity index is 634. The average molecular weight is 343 g/mol. The van der Waals surface area contributed by atoms with E-state index in [1.807, 2.05) is 18.2 Å².